The van der Waals surface area contributed by atoms with Gasteiger partial charge in [0.1, 0.15) is 11.6 Å². The zero-order valence-corrected chi connectivity index (χ0v) is 15.3. The molecule has 0 saturated heterocycles. The molecule has 1 saturated carbocycles. The summed E-state index contributed by atoms with van der Waals surface area (Å²) in [5.74, 6) is 0.723. The lowest BCUT2D eigenvalue weighted by atomic mass is 10.1. The van der Waals surface area contributed by atoms with Crippen LogP contribution in [0.2, 0.25) is 0 Å². The van der Waals surface area contributed by atoms with Crippen LogP contribution in [0.4, 0.5) is 4.39 Å². The third-order valence-electron chi connectivity index (χ3n) is 4.89. The quantitative estimate of drug-likeness (QED) is 0.718. The van der Waals surface area contributed by atoms with Crippen molar-refractivity contribution in [1.82, 2.24) is 4.90 Å². The van der Waals surface area contributed by atoms with Gasteiger partial charge in [-0.25, -0.2) is 4.39 Å². The van der Waals surface area contributed by atoms with E-state index in [1.165, 1.54) is 25.0 Å². The van der Waals surface area contributed by atoms with E-state index in [4.69, 9.17) is 4.74 Å². The fourth-order valence-electron chi connectivity index (χ4n) is 3.37. The van der Waals surface area contributed by atoms with Crippen molar-refractivity contribution in [3.05, 3.63) is 65.5 Å². The zero-order valence-electron chi connectivity index (χ0n) is 15.3. The van der Waals surface area contributed by atoms with Gasteiger partial charge in [-0.15, -0.1) is 0 Å². The first-order chi connectivity index (χ1) is 12.6. The Morgan fingerprint density at radius 1 is 1.12 bits per heavy atom. The highest BCUT2D eigenvalue weighted by atomic mass is 19.1. The molecule has 0 radical (unpaired) electrons. The van der Waals surface area contributed by atoms with E-state index in [9.17, 15) is 9.18 Å². The Balaban J connectivity index is 1.49. The number of amides is 1. The summed E-state index contributed by atoms with van der Waals surface area (Å²) in [5.41, 5.74) is 2.04. The maximum absolute atomic E-state index is 13.0. The van der Waals surface area contributed by atoms with E-state index in [0.29, 0.717) is 25.5 Å². The van der Waals surface area contributed by atoms with Gasteiger partial charge in [0.15, 0.2) is 0 Å². The summed E-state index contributed by atoms with van der Waals surface area (Å²) in [4.78, 5) is 14.1. The Labute approximate surface area is 154 Å². The van der Waals surface area contributed by atoms with Crippen molar-refractivity contribution in [1.29, 1.82) is 0 Å². The van der Waals surface area contributed by atoms with Crippen LogP contribution in [-0.2, 0) is 17.8 Å². The molecule has 1 fully saturated rings. The van der Waals surface area contributed by atoms with Crippen LogP contribution in [0.3, 0.4) is 0 Å². The van der Waals surface area contributed by atoms with E-state index in [0.717, 1.165) is 29.7 Å². The second kappa shape index (κ2) is 8.84. The zero-order chi connectivity index (χ0) is 18.4. The molecule has 0 N–H and O–H groups in total. The fourth-order valence-corrected chi connectivity index (χ4v) is 3.37. The van der Waals surface area contributed by atoms with Crippen molar-refractivity contribution < 1.29 is 13.9 Å². The van der Waals surface area contributed by atoms with E-state index in [1.807, 2.05) is 24.3 Å². The SMILES string of the molecule is CN(Cc1ccc(F)cc1)C(=O)CCc1cccc(OC2CCCC2)c1. The maximum Gasteiger partial charge on any atom is 0.222 e. The Bertz CT molecular complexity index is 723. The lowest BCUT2D eigenvalue weighted by Gasteiger charge is -2.18. The molecule has 3 nitrogen and oxygen atoms in total. The molecule has 2 aromatic carbocycles. The van der Waals surface area contributed by atoms with Crippen LogP contribution in [0, 0.1) is 5.82 Å². The highest BCUT2D eigenvalue weighted by Crippen LogP contribution is 2.25. The lowest BCUT2D eigenvalue weighted by Crippen LogP contribution is -2.26. The van der Waals surface area contributed by atoms with Gasteiger partial charge in [-0.3, -0.25) is 4.79 Å². The average Bonchev–Trinajstić information content (AvgIpc) is 3.15. The molecule has 4 heteroatoms. The summed E-state index contributed by atoms with van der Waals surface area (Å²) in [6, 6.07) is 14.3. The first-order valence-corrected chi connectivity index (χ1v) is 9.34. The van der Waals surface area contributed by atoms with E-state index < -0.39 is 0 Å². The van der Waals surface area contributed by atoms with Crippen molar-refractivity contribution in [3.8, 4) is 5.75 Å². The van der Waals surface area contributed by atoms with E-state index in [1.54, 1.807) is 24.1 Å². The number of ether oxygens (including phenoxy) is 1. The van der Waals surface area contributed by atoms with Crippen molar-refractivity contribution >= 4 is 5.91 Å². The molecule has 0 bridgehead atoms. The van der Waals surface area contributed by atoms with Crippen molar-refractivity contribution in [3.63, 3.8) is 0 Å². The average molecular weight is 355 g/mol. The van der Waals surface area contributed by atoms with Crippen LogP contribution in [0.25, 0.3) is 0 Å². The van der Waals surface area contributed by atoms with Gasteiger partial charge in [-0.1, -0.05) is 24.3 Å². The van der Waals surface area contributed by atoms with Crippen molar-refractivity contribution in [2.24, 2.45) is 0 Å². The summed E-state index contributed by atoms with van der Waals surface area (Å²) in [5, 5.41) is 0. The van der Waals surface area contributed by atoms with Gasteiger partial charge in [-0.05, 0) is 67.5 Å². The van der Waals surface area contributed by atoms with E-state index in [2.05, 4.69) is 0 Å². The second-order valence-electron chi connectivity index (χ2n) is 7.05. The Hall–Kier alpha value is -2.36. The van der Waals surface area contributed by atoms with Crippen LogP contribution in [-0.4, -0.2) is 24.0 Å². The summed E-state index contributed by atoms with van der Waals surface area (Å²) in [6.45, 7) is 0.490. The van der Waals surface area contributed by atoms with Crippen molar-refractivity contribution in [2.45, 2.75) is 51.2 Å². The molecule has 1 aliphatic rings. The second-order valence-corrected chi connectivity index (χ2v) is 7.05. The predicted octanol–water partition coefficient (Wildman–Crippen LogP) is 4.74. The largest absolute Gasteiger partial charge is 0.490 e. The number of aryl methyl sites for hydroxylation is 1. The first kappa shape index (κ1) is 18.4. The molecule has 0 spiro atoms. The van der Waals surface area contributed by atoms with Gasteiger partial charge in [0, 0.05) is 20.0 Å². The third kappa shape index (κ3) is 5.32. The minimum Gasteiger partial charge on any atom is -0.490 e. The van der Waals surface area contributed by atoms with Crippen LogP contribution in [0.1, 0.15) is 43.2 Å². The molecule has 0 aromatic heterocycles. The molecule has 1 amide bonds. The molecular formula is C22H26FNO2. The molecule has 0 heterocycles. The molecule has 138 valence electrons. The minimum atomic E-state index is -0.262. The first-order valence-electron chi connectivity index (χ1n) is 9.34. The van der Waals surface area contributed by atoms with Gasteiger partial charge >= 0.3 is 0 Å². The fraction of sp³-hybridized carbons (Fsp3) is 0.409. The number of hydrogen-bond donors (Lipinski definition) is 0. The number of benzene rings is 2. The molecule has 3 rings (SSSR count). The van der Waals surface area contributed by atoms with Gasteiger partial charge < -0.3 is 9.64 Å². The van der Waals surface area contributed by atoms with Crippen LogP contribution in [0.5, 0.6) is 5.75 Å². The number of carbonyl (C=O) groups is 1. The highest BCUT2D eigenvalue weighted by molar-refractivity contribution is 5.76. The minimum absolute atomic E-state index is 0.0800. The molecule has 0 atom stereocenters. The molecule has 1 aliphatic carbocycles. The number of halogens is 1. The number of carbonyl (C=O) groups excluding carboxylic acids is 1. The standard InChI is InChI=1S/C22H26FNO2/c1-24(16-18-9-12-19(23)13-10-18)22(25)14-11-17-5-4-8-21(15-17)26-20-6-2-3-7-20/h4-5,8-10,12-13,15,20H,2-3,6-7,11,14,16H2,1H3. The number of nitrogens with zero attached hydrogens (tertiary/aromatic N) is 1. The summed E-state index contributed by atoms with van der Waals surface area (Å²) in [7, 11) is 1.78. The molecule has 26 heavy (non-hydrogen) atoms. The smallest absolute Gasteiger partial charge is 0.222 e. The topological polar surface area (TPSA) is 29.5 Å². The van der Waals surface area contributed by atoms with E-state index in [-0.39, 0.29) is 11.7 Å². The highest BCUT2D eigenvalue weighted by Gasteiger charge is 2.16. The normalized spacial score (nSPS) is 14.4. The summed E-state index contributed by atoms with van der Waals surface area (Å²) >= 11 is 0. The van der Waals surface area contributed by atoms with Crippen LogP contribution in [0.15, 0.2) is 48.5 Å². The monoisotopic (exact) mass is 355 g/mol. The Morgan fingerprint density at radius 2 is 1.85 bits per heavy atom. The molecule has 0 aliphatic heterocycles. The van der Waals surface area contributed by atoms with Gasteiger partial charge in [0.05, 0.1) is 6.10 Å². The Kier molecular flexibility index (Phi) is 6.26. The molecular weight excluding hydrogens is 329 g/mol. The van der Waals surface area contributed by atoms with Gasteiger partial charge in [-0.2, -0.15) is 0 Å². The predicted molar refractivity (Wildman–Crippen MR) is 101 cm³/mol. The van der Waals surface area contributed by atoms with Gasteiger partial charge in [0.2, 0.25) is 5.91 Å². The van der Waals surface area contributed by atoms with Gasteiger partial charge in [0.25, 0.3) is 0 Å². The number of hydrogen-bond acceptors (Lipinski definition) is 2. The Morgan fingerprint density at radius 3 is 2.58 bits per heavy atom. The number of rotatable bonds is 7. The maximum atomic E-state index is 13.0. The summed E-state index contributed by atoms with van der Waals surface area (Å²) < 4.78 is 19.0. The molecule has 0 unspecified atom stereocenters. The summed E-state index contributed by atoms with van der Waals surface area (Å²) in [6.07, 6.45) is 6.25. The van der Waals surface area contributed by atoms with Crippen LogP contribution >= 0.6 is 0 Å². The third-order valence-corrected chi connectivity index (χ3v) is 4.89. The van der Waals surface area contributed by atoms with E-state index >= 15 is 0 Å². The van der Waals surface area contributed by atoms with Crippen LogP contribution < -0.4 is 4.74 Å². The molecule has 2 aromatic rings. The lowest BCUT2D eigenvalue weighted by molar-refractivity contribution is -0.130. The van der Waals surface area contributed by atoms with Crippen molar-refractivity contribution in [2.75, 3.05) is 7.05 Å².